The number of hydrogen-bond acceptors (Lipinski definition) is 2. The van der Waals surface area contributed by atoms with E-state index in [1.807, 2.05) is 20.9 Å². The van der Waals surface area contributed by atoms with Crippen LogP contribution in [0, 0.1) is 11.3 Å². The van der Waals surface area contributed by atoms with Crippen LogP contribution in [0.3, 0.4) is 0 Å². The van der Waals surface area contributed by atoms with Crippen molar-refractivity contribution in [2.75, 3.05) is 20.1 Å². The molecule has 0 aromatic rings. The molecule has 90 valence electrons. The summed E-state index contributed by atoms with van der Waals surface area (Å²) in [6.07, 6.45) is 1.81. The van der Waals surface area contributed by atoms with Gasteiger partial charge in [-0.15, -0.1) is 0 Å². The van der Waals surface area contributed by atoms with Crippen molar-refractivity contribution in [2.45, 2.75) is 40.5 Å². The van der Waals surface area contributed by atoms with Gasteiger partial charge in [0.25, 0.3) is 0 Å². The quantitative estimate of drug-likeness (QED) is 0.709. The maximum Gasteiger partial charge on any atom is 0.310 e. The average molecular weight is 215 g/mol. The first-order valence-electron chi connectivity index (χ1n) is 5.77. The molecule has 0 fully saturated rings. The van der Waals surface area contributed by atoms with Gasteiger partial charge >= 0.3 is 5.97 Å². The van der Waals surface area contributed by atoms with E-state index in [1.54, 1.807) is 0 Å². The van der Waals surface area contributed by atoms with Crippen molar-refractivity contribution in [3.8, 4) is 0 Å². The maximum atomic E-state index is 11.1. The molecule has 0 rings (SSSR count). The monoisotopic (exact) mass is 215 g/mol. The van der Waals surface area contributed by atoms with Crippen LogP contribution in [0.1, 0.15) is 40.5 Å². The lowest BCUT2D eigenvalue weighted by Gasteiger charge is -2.30. The largest absolute Gasteiger partial charge is 0.481 e. The van der Waals surface area contributed by atoms with Crippen molar-refractivity contribution >= 4 is 5.97 Å². The molecule has 0 saturated carbocycles. The molecule has 0 aliphatic carbocycles. The van der Waals surface area contributed by atoms with Gasteiger partial charge in [0.1, 0.15) is 0 Å². The number of carboxylic acid groups (broad SMARTS) is 1. The number of carbonyl (C=O) groups is 1. The van der Waals surface area contributed by atoms with Crippen LogP contribution in [0.25, 0.3) is 0 Å². The average Bonchev–Trinajstić information content (AvgIpc) is 2.16. The Balaban J connectivity index is 4.24. The van der Waals surface area contributed by atoms with Crippen LogP contribution in [0.4, 0.5) is 0 Å². The van der Waals surface area contributed by atoms with Crippen LogP contribution >= 0.6 is 0 Å². The third kappa shape index (κ3) is 4.65. The fourth-order valence-corrected chi connectivity index (χ4v) is 1.65. The van der Waals surface area contributed by atoms with Crippen LogP contribution in [0.15, 0.2) is 0 Å². The second-order valence-electron chi connectivity index (χ2n) is 4.93. The summed E-state index contributed by atoms with van der Waals surface area (Å²) in [6, 6.07) is 0. The maximum absolute atomic E-state index is 11.1. The van der Waals surface area contributed by atoms with Gasteiger partial charge in [-0.1, -0.05) is 27.2 Å². The Kier molecular flexibility index (Phi) is 5.88. The lowest BCUT2D eigenvalue weighted by atomic mass is 9.87. The van der Waals surface area contributed by atoms with E-state index < -0.39 is 11.4 Å². The van der Waals surface area contributed by atoms with E-state index in [2.05, 4.69) is 18.7 Å². The molecule has 0 aromatic heterocycles. The predicted molar refractivity (Wildman–Crippen MR) is 63.0 cm³/mol. The van der Waals surface area contributed by atoms with E-state index >= 15 is 0 Å². The van der Waals surface area contributed by atoms with Crippen molar-refractivity contribution in [3.05, 3.63) is 0 Å². The smallest absolute Gasteiger partial charge is 0.310 e. The zero-order chi connectivity index (χ0) is 12.1. The van der Waals surface area contributed by atoms with Crippen molar-refractivity contribution in [1.82, 2.24) is 4.90 Å². The van der Waals surface area contributed by atoms with Gasteiger partial charge in [0, 0.05) is 13.1 Å². The molecule has 1 N–H and O–H groups in total. The second-order valence-corrected chi connectivity index (χ2v) is 4.93. The highest BCUT2D eigenvalue weighted by Crippen LogP contribution is 2.22. The first-order valence-corrected chi connectivity index (χ1v) is 5.77. The van der Waals surface area contributed by atoms with Crippen molar-refractivity contribution in [2.24, 2.45) is 11.3 Å². The number of nitrogens with zero attached hydrogens (tertiary/aromatic N) is 1. The molecule has 0 aliphatic heterocycles. The van der Waals surface area contributed by atoms with E-state index in [4.69, 9.17) is 5.11 Å². The minimum Gasteiger partial charge on any atom is -0.481 e. The summed E-state index contributed by atoms with van der Waals surface area (Å²) in [4.78, 5) is 13.2. The fraction of sp³-hybridized carbons (Fsp3) is 0.917. The molecular weight excluding hydrogens is 190 g/mol. The standard InChI is InChI=1S/C12H25NO2/c1-6-10(3)8-13(5)9-12(4,7-2)11(14)15/h10H,6-9H2,1-5H3,(H,14,15). The molecule has 2 unspecified atom stereocenters. The van der Waals surface area contributed by atoms with Crippen LogP contribution in [0.5, 0.6) is 0 Å². The van der Waals surface area contributed by atoms with Gasteiger partial charge in [-0.25, -0.2) is 0 Å². The third-order valence-corrected chi connectivity index (χ3v) is 3.24. The van der Waals surface area contributed by atoms with Crippen LogP contribution < -0.4 is 0 Å². The molecule has 3 heteroatoms. The highest BCUT2D eigenvalue weighted by molar-refractivity contribution is 5.74. The molecule has 0 spiro atoms. The van der Waals surface area contributed by atoms with Crippen LogP contribution in [-0.2, 0) is 4.79 Å². The highest BCUT2D eigenvalue weighted by atomic mass is 16.4. The van der Waals surface area contributed by atoms with Gasteiger partial charge < -0.3 is 10.0 Å². The number of rotatable bonds is 7. The van der Waals surface area contributed by atoms with Gasteiger partial charge in [0.2, 0.25) is 0 Å². The predicted octanol–water partition coefficient (Wildman–Crippen LogP) is 2.47. The Morgan fingerprint density at radius 2 is 2.00 bits per heavy atom. The highest BCUT2D eigenvalue weighted by Gasteiger charge is 2.32. The van der Waals surface area contributed by atoms with Crippen LogP contribution in [0.2, 0.25) is 0 Å². The molecule has 15 heavy (non-hydrogen) atoms. The first-order chi connectivity index (χ1) is 6.85. The lowest BCUT2D eigenvalue weighted by molar-refractivity contribution is -0.149. The lowest BCUT2D eigenvalue weighted by Crippen LogP contribution is -2.40. The van der Waals surface area contributed by atoms with Crippen molar-refractivity contribution < 1.29 is 9.90 Å². The normalized spacial score (nSPS) is 17.5. The number of hydrogen-bond donors (Lipinski definition) is 1. The van der Waals surface area contributed by atoms with E-state index in [-0.39, 0.29) is 0 Å². The number of aliphatic carboxylic acids is 1. The fourth-order valence-electron chi connectivity index (χ4n) is 1.65. The summed E-state index contributed by atoms with van der Waals surface area (Å²) < 4.78 is 0. The Morgan fingerprint density at radius 1 is 1.47 bits per heavy atom. The minimum absolute atomic E-state index is 0.609. The minimum atomic E-state index is -0.694. The van der Waals surface area contributed by atoms with Gasteiger partial charge in [-0.05, 0) is 26.3 Å². The molecule has 0 amide bonds. The van der Waals surface area contributed by atoms with Crippen LogP contribution in [-0.4, -0.2) is 36.1 Å². The topological polar surface area (TPSA) is 40.5 Å². The molecule has 0 bridgehead atoms. The molecule has 3 nitrogen and oxygen atoms in total. The van der Waals surface area contributed by atoms with E-state index in [1.165, 1.54) is 0 Å². The summed E-state index contributed by atoms with van der Waals surface area (Å²) in [5, 5.41) is 9.15. The second kappa shape index (κ2) is 6.11. The molecule has 0 heterocycles. The first kappa shape index (κ1) is 14.4. The van der Waals surface area contributed by atoms with Gasteiger partial charge in [0.15, 0.2) is 0 Å². The number of carboxylic acids is 1. The van der Waals surface area contributed by atoms with Gasteiger partial charge in [-0.3, -0.25) is 4.79 Å². The summed E-state index contributed by atoms with van der Waals surface area (Å²) >= 11 is 0. The zero-order valence-electron chi connectivity index (χ0n) is 10.7. The third-order valence-electron chi connectivity index (χ3n) is 3.24. The van der Waals surface area contributed by atoms with E-state index in [9.17, 15) is 4.79 Å². The molecule has 0 aliphatic rings. The summed E-state index contributed by atoms with van der Waals surface area (Å²) in [7, 11) is 2.00. The van der Waals surface area contributed by atoms with E-state index in [0.717, 1.165) is 13.0 Å². The van der Waals surface area contributed by atoms with Gasteiger partial charge in [-0.2, -0.15) is 0 Å². The summed E-state index contributed by atoms with van der Waals surface area (Å²) in [5.41, 5.74) is -0.609. The SMILES string of the molecule is CCC(C)CN(C)CC(C)(CC)C(=O)O. The summed E-state index contributed by atoms with van der Waals surface area (Å²) in [5.74, 6) is -0.0640. The zero-order valence-corrected chi connectivity index (χ0v) is 10.7. The van der Waals surface area contributed by atoms with Crippen molar-refractivity contribution in [3.63, 3.8) is 0 Å². The van der Waals surface area contributed by atoms with Crippen molar-refractivity contribution in [1.29, 1.82) is 0 Å². The Hall–Kier alpha value is -0.570. The molecule has 0 saturated heterocycles. The molecule has 0 radical (unpaired) electrons. The summed E-state index contributed by atoms with van der Waals surface area (Å²) in [6.45, 7) is 9.71. The molecule has 0 aromatic carbocycles. The van der Waals surface area contributed by atoms with Gasteiger partial charge in [0.05, 0.1) is 5.41 Å². The Bertz CT molecular complexity index is 206. The Morgan fingerprint density at radius 3 is 2.33 bits per heavy atom. The Labute approximate surface area is 93.5 Å². The molecular formula is C12H25NO2. The van der Waals surface area contributed by atoms with E-state index in [0.29, 0.717) is 18.9 Å². The molecule has 2 atom stereocenters.